The lowest BCUT2D eigenvalue weighted by atomic mass is 9.92. The van der Waals surface area contributed by atoms with E-state index >= 15 is 4.39 Å². The van der Waals surface area contributed by atoms with Crippen LogP contribution in [0.2, 0.25) is 0 Å². The zero-order valence-electron chi connectivity index (χ0n) is 19.4. The lowest BCUT2D eigenvalue weighted by Crippen LogP contribution is -2.50. The molecule has 3 aromatic carbocycles. The van der Waals surface area contributed by atoms with Crippen molar-refractivity contribution in [1.29, 1.82) is 0 Å². The summed E-state index contributed by atoms with van der Waals surface area (Å²) in [4.78, 5) is 25.0. The molecule has 220 valence electrons. The van der Waals surface area contributed by atoms with Crippen LogP contribution in [0.3, 0.4) is 0 Å². The van der Waals surface area contributed by atoms with Crippen LogP contribution in [0.25, 0.3) is 0 Å². The van der Waals surface area contributed by atoms with Crippen LogP contribution in [0.5, 0.6) is 0 Å². The van der Waals surface area contributed by atoms with Crippen molar-refractivity contribution < 1.29 is 62.3 Å². The summed E-state index contributed by atoms with van der Waals surface area (Å²) in [6, 6.07) is 6.09. The standard InChI is InChI=1S/C24H11F12IN2O2/c25-14-6-2-1-4-11(14)19(40)38-16-7-3-5-12(17(16)26)20(41)39-18-13(22(28,29)30)8-10(9-15(18)37)21(27,23(31,32)33)24(34,35)36/h1-9H,(H,38,40)(H,39,41). The van der Waals surface area contributed by atoms with Crippen molar-refractivity contribution >= 4 is 45.8 Å². The number of hydrogen-bond acceptors (Lipinski definition) is 2. The van der Waals surface area contributed by atoms with E-state index in [1.54, 1.807) is 5.32 Å². The predicted octanol–water partition coefficient (Wildman–Crippen LogP) is 8.38. The number of carbonyl (C=O) groups is 2. The molecule has 0 aliphatic carbocycles. The summed E-state index contributed by atoms with van der Waals surface area (Å²) in [6.07, 6.45) is -19.2. The zero-order valence-corrected chi connectivity index (χ0v) is 21.6. The van der Waals surface area contributed by atoms with Gasteiger partial charge in [0.25, 0.3) is 11.8 Å². The average molecular weight is 714 g/mol. The fourth-order valence-corrected chi connectivity index (χ4v) is 4.22. The largest absolute Gasteiger partial charge is 0.435 e. The maximum Gasteiger partial charge on any atom is 0.435 e. The Morgan fingerprint density at radius 1 is 0.683 bits per heavy atom. The Hall–Kier alpha value is -3.51. The van der Waals surface area contributed by atoms with Gasteiger partial charge in [-0.25, -0.2) is 13.2 Å². The first-order chi connectivity index (χ1) is 18.7. The molecule has 0 aliphatic rings. The fraction of sp³-hybridized carbons (Fsp3) is 0.167. The Labute approximate surface area is 234 Å². The van der Waals surface area contributed by atoms with Crippen molar-refractivity contribution in [3.63, 3.8) is 0 Å². The van der Waals surface area contributed by atoms with E-state index in [2.05, 4.69) is 0 Å². The number of alkyl halides is 10. The minimum atomic E-state index is -6.72. The fourth-order valence-electron chi connectivity index (χ4n) is 3.46. The van der Waals surface area contributed by atoms with Gasteiger partial charge in [0.05, 0.1) is 28.1 Å². The molecule has 0 heterocycles. The number of benzene rings is 3. The minimum absolute atomic E-state index is 0.201. The summed E-state index contributed by atoms with van der Waals surface area (Å²) < 4.78 is 162. The van der Waals surface area contributed by atoms with Crippen LogP contribution in [0.1, 0.15) is 31.8 Å². The van der Waals surface area contributed by atoms with Crippen LogP contribution >= 0.6 is 22.6 Å². The SMILES string of the molecule is O=C(Nc1cccc(C(=O)Nc2c(I)cc(C(F)(C(F)(F)F)C(F)(F)F)cc2C(F)(F)F)c1F)c1ccccc1F. The van der Waals surface area contributed by atoms with Gasteiger partial charge in [-0.1, -0.05) is 18.2 Å². The van der Waals surface area contributed by atoms with E-state index in [-0.39, 0.29) is 6.07 Å². The highest BCUT2D eigenvalue weighted by molar-refractivity contribution is 14.1. The van der Waals surface area contributed by atoms with Crippen molar-refractivity contribution in [1.82, 2.24) is 0 Å². The Morgan fingerprint density at radius 3 is 1.76 bits per heavy atom. The van der Waals surface area contributed by atoms with Gasteiger partial charge in [-0.15, -0.1) is 0 Å². The van der Waals surface area contributed by atoms with Crippen molar-refractivity contribution in [2.24, 2.45) is 0 Å². The molecule has 0 bridgehead atoms. The molecular weight excluding hydrogens is 703 g/mol. The van der Waals surface area contributed by atoms with Gasteiger partial charge in [0.1, 0.15) is 5.82 Å². The van der Waals surface area contributed by atoms with Gasteiger partial charge in [0, 0.05) is 9.13 Å². The monoisotopic (exact) mass is 714 g/mol. The lowest BCUT2D eigenvalue weighted by molar-refractivity contribution is -0.348. The first-order valence-electron chi connectivity index (χ1n) is 10.6. The van der Waals surface area contributed by atoms with Gasteiger partial charge >= 0.3 is 24.2 Å². The molecule has 2 amide bonds. The van der Waals surface area contributed by atoms with Crippen molar-refractivity contribution in [2.45, 2.75) is 24.2 Å². The molecule has 0 radical (unpaired) electrons. The molecule has 3 rings (SSSR count). The number of nitrogens with one attached hydrogen (secondary N) is 2. The number of carbonyl (C=O) groups excluding carboxylic acids is 2. The Kier molecular flexibility index (Phi) is 8.63. The van der Waals surface area contributed by atoms with Crippen LogP contribution in [0.15, 0.2) is 54.6 Å². The Balaban J connectivity index is 2.05. The third kappa shape index (κ3) is 6.23. The van der Waals surface area contributed by atoms with Crippen molar-refractivity contribution in [3.05, 3.63) is 92.1 Å². The van der Waals surface area contributed by atoms with Crippen LogP contribution in [0, 0.1) is 15.2 Å². The van der Waals surface area contributed by atoms with E-state index in [4.69, 9.17) is 0 Å². The minimum Gasteiger partial charge on any atom is -0.320 e. The second-order valence-electron chi connectivity index (χ2n) is 8.09. The normalized spacial score (nSPS) is 12.7. The lowest BCUT2D eigenvalue weighted by Gasteiger charge is -2.31. The number of hydrogen-bond donors (Lipinski definition) is 2. The molecular formula is C24H11F12IN2O2. The van der Waals surface area contributed by atoms with Crippen molar-refractivity contribution in [2.75, 3.05) is 10.6 Å². The highest BCUT2D eigenvalue weighted by Crippen LogP contribution is 2.54. The van der Waals surface area contributed by atoms with Crippen molar-refractivity contribution in [3.8, 4) is 0 Å². The third-order valence-electron chi connectivity index (χ3n) is 5.42. The van der Waals surface area contributed by atoms with Gasteiger partial charge in [-0.2, -0.15) is 39.5 Å². The summed E-state index contributed by atoms with van der Waals surface area (Å²) in [5.41, 5.74) is -14.7. The molecule has 0 spiro atoms. The molecule has 2 N–H and O–H groups in total. The first kappa shape index (κ1) is 32.0. The van der Waals surface area contributed by atoms with Gasteiger partial charge in [0.15, 0.2) is 5.82 Å². The van der Waals surface area contributed by atoms with Crippen LogP contribution in [0.4, 0.5) is 64.1 Å². The Morgan fingerprint density at radius 2 is 1.22 bits per heavy atom. The topological polar surface area (TPSA) is 58.2 Å². The van der Waals surface area contributed by atoms with E-state index in [0.717, 1.165) is 52.9 Å². The van der Waals surface area contributed by atoms with Crippen LogP contribution in [-0.2, 0) is 11.8 Å². The van der Waals surface area contributed by atoms with E-state index in [1.165, 1.54) is 12.1 Å². The molecule has 0 aliphatic heterocycles. The maximum absolute atomic E-state index is 15.0. The number of rotatable bonds is 5. The second kappa shape index (κ2) is 11.1. The summed E-state index contributed by atoms with van der Waals surface area (Å²) >= 11 is 0.839. The third-order valence-corrected chi connectivity index (χ3v) is 6.27. The average Bonchev–Trinajstić information content (AvgIpc) is 2.83. The molecule has 0 saturated heterocycles. The number of anilines is 2. The highest BCUT2D eigenvalue weighted by Gasteiger charge is 2.73. The van der Waals surface area contributed by atoms with E-state index in [1.807, 2.05) is 5.32 Å². The van der Waals surface area contributed by atoms with Gasteiger partial charge in [0.2, 0.25) is 0 Å². The van der Waals surface area contributed by atoms with E-state index < -0.39 is 90.9 Å². The predicted molar refractivity (Wildman–Crippen MR) is 128 cm³/mol. The maximum atomic E-state index is 15.0. The summed E-state index contributed by atoms with van der Waals surface area (Å²) in [6.45, 7) is 0. The molecule has 0 aromatic heterocycles. The number of amides is 2. The first-order valence-corrected chi connectivity index (χ1v) is 11.7. The highest BCUT2D eigenvalue weighted by atomic mass is 127. The van der Waals surface area contributed by atoms with Gasteiger partial charge < -0.3 is 10.6 Å². The molecule has 0 fully saturated rings. The van der Waals surface area contributed by atoms with Gasteiger partial charge in [-0.3, -0.25) is 9.59 Å². The van der Waals surface area contributed by atoms with Crippen LogP contribution in [-0.4, -0.2) is 24.2 Å². The molecule has 0 atom stereocenters. The molecule has 0 unspecified atom stereocenters. The second-order valence-corrected chi connectivity index (χ2v) is 9.25. The van der Waals surface area contributed by atoms with Gasteiger partial charge in [-0.05, 0) is 59.0 Å². The summed E-state index contributed by atoms with van der Waals surface area (Å²) in [5, 5.41) is 3.51. The van der Waals surface area contributed by atoms with Crippen LogP contribution < -0.4 is 10.6 Å². The summed E-state index contributed by atoms with van der Waals surface area (Å²) in [5.74, 6) is -5.39. The molecule has 3 aromatic rings. The van der Waals surface area contributed by atoms with E-state index in [0.29, 0.717) is 0 Å². The quantitative estimate of drug-likeness (QED) is 0.206. The molecule has 17 heteroatoms. The summed E-state index contributed by atoms with van der Waals surface area (Å²) in [7, 11) is 0. The molecule has 41 heavy (non-hydrogen) atoms. The molecule has 4 nitrogen and oxygen atoms in total. The smallest absolute Gasteiger partial charge is 0.320 e. The number of halogens is 13. The zero-order chi connectivity index (χ0) is 31.1. The van der Waals surface area contributed by atoms with E-state index in [9.17, 15) is 57.9 Å². The molecule has 0 saturated carbocycles. The Bertz CT molecular complexity index is 1490.